The van der Waals surface area contributed by atoms with E-state index < -0.39 is 0 Å². The van der Waals surface area contributed by atoms with Crippen LogP contribution in [0, 0.1) is 0 Å². The van der Waals surface area contributed by atoms with Crippen molar-refractivity contribution in [3.05, 3.63) is 55.7 Å². The summed E-state index contributed by atoms with van der Waals surface area (Å²) < 4.78 is 1.08. The van der Waals surface area contributed by atoms with E-state index in [2.05, 4.69) is 27.3 Å². The minimum absolute atomic E-state index is 0.230. The van der Waals surface area contributed by atoms with E-state index in [9.17, 15) is 4.79 Å². The standard InChI is InChI=1S/C15H14BrNOS/c16-15-5-4-11(19-15)8-14(18)13-3-1-2-10-9-17-7-6-12(10)13/h1-5,17H,6-9H2. The minimum atomic E-state index is 0.230. The molecule has 1 aliphatic rings. The first-order valence-corrected chi connectivity index (χ1v) is 7.94. The molecule has 3 rings (SSSR count). The Labute approximate surface area is 125 Å². The zero-order chi connectivity index (χ0) is 13.2. The van der Waals surface area contributed by atoms with E-state index >= 15 is 0 Å². The molecule has 0 spiro atoms. The fraction of sp³-hybridized carbons (Fsp3) is 0.267. The van der Waals surface area contributed by atoms with E-state index in [0.717, 1.165) is 33.7 Å². The molecule has 98 valence electrons. The molecule has 2 nitrogen and oxygen atoms in total. The van der Waals surface area contributed by atoms with Gasteiger partial charge in [0.1, 0.15) is 0 Å². The van der Waals surface area contributed by atoms with E-state index in [-0.39, 0.29) is 5.78 Å². The SMILES string of the molecule is O=C(Cc1ccc(Br)s1)c1cccc2c1CCNC2. The number of Topliss-reactive ketones (excluding diaryl/α,β-unsaturated/α-hetero) is 1. The van der Waals surface area contributed by atoms with Gasteiger partial charge in [-0.25, -0.2) is 0 Å². The minimum Gasteiger partial charge on any atom is -0.312 e. The molecule has 0 saturated heterocycles. The third kappa shape index (κ3) is 2.81. The highest BCUT2D eigenvalue weighted by Crippen LogP contribution is 2.25. The first-order chi connectivity index (χ1) is 9.24. The number of rotatable bonds is 3. The molecule has 19 heavy (non-hydrogen) atoms. The van der Waals surface area contributed by atoms with Crippen LogP contribution in [-0.2, 0) is 19.4 Å². The summed E-state index contributed by atoms with van der Waals surface area (Å²) in [4.78, 5) is 13.6. The lowest BCUT2D eigenvalue weighted by Crippen LogP contribution is -2.25. The Hall–Kier alpha value is -0.970. The molecule has 0 saturated carbocycles. The van der Waals surface area contributed by atoms with Crippen LogP contribution in [0.5, 0.6) is 0 Å². The lowest BCUT2D eigenvalue weighted by Gasteiger charge is -2.19. The first kappa shape index (κ1) is 13.0. The number of carbonyl (C=O) groups excluding carboxylic acids is 1. The Bertz CT molecular complexity index is 620. The number of ketones is 1. The highest BCUT2D eigenvalue weighted by molar-refractivity contribution is 9.11. The van der Waals surface area contributed by atoms with E-state index in [4.69, 9.17) is 0 Å². The topological polar surface area (TPSA) is 29.1 Å². The fourth-order valence-electron chi connectivity index (χ4n) is 2.49. The second-order valence-electron chi connectivity index (χ2n) is 4.68. The molecule has 0 atom stereocenters. The number of benzene rings is 1. The molecule has 2 heterocycles. The molecular weight excluding hydrogens is 322 g/mol. The van der Waals surface area contributed by atoms with Gasteiger partial charge in [-0.3, -0.25) is 4.79 Å². The van der Waals surface area contributed by atoms with Gasteiger partial charge in [0.15, 0.2) is 5.78 Å². The fourth-order valence-corrected chi connectivity index (χ4v) is 3.98. The number of nitrogens with one attached hydrogen (secondary N) is 1. The summed E-state index contributed by atoms with van der Waals surface area (Å²) in [6.07, 6.45) is 1.45. The maximum atomic E-state index is 12.5. The van der Waals surface area contributed by atoms with Crippen molar-refractivity contribution in [2.75, 3.05) is 6.54 Å². The average Bonchev–Trinajstić information content (AvgIpc) is 2.83. The lowest BCUT2D eigenvalue weighted by molar-refractivity contribution is 0.0992. The third-order valence-electron chi connectivity index (χ3n) is 3.40. The lowest BCUT2D eigenvalue weighted by atomic mass is 9.92. The van der Waals surface area contributed by atoms with Crippen molar-refractivity contribution >= 4 is 33.0 Å². The van der Waals surface area contributed by atoms with Crippen molar-refractivity contribution in [2.45, 2.75) is 19.4 Å². The summed E-state index contributed by atoms with van der Waals surface area (Å²) in [6.45, 7) is 1.84. The summed E-state index contributed by atoms with van der Waals surface area (Å²) in [5.74, 6) is 0.230. The zero-order valence-electron chi connectivity index (χ0n) is 10.4. The van der Waals surface area contributed by atoms with Gasteiger partial charge >= 0.3 is 0 Å². The molecule has 0 aliphatic carbocycles. The molecule has 0 unspecified atom stereocenters. The summed E-state index contributed by atoms with van der Waals surface area (Å²) in [5.41, 5.74) is 3.41. The van der Waals surface area contributed by atoms with Gasteiger partial charge in [-0.2, -0.15) is 0 Å². The molecule has 0 bridgehead atoms. The number of hydrogen-bond acceptors (Lipinski definition) is 3. The van der Waals surface area contributed by atoms with Crippen molar-refractivity contribution < 1.29 is 4.79 Å². The van der Waals surface area contributed by atoms with Crippen LogP contribution < -0.4 is 5.32 Å². The monoisotopic (exact) mass is 335 g/mol. The van der Waals surface area contributed by atoms with Gasteiger partial charge in [-0.15, -0.1) is 11.3 Å². The Morgan fingerprint density at radius 1 is 1.32 bits per heavy atom. The number of halogens is 1. The van der Waals surface area contributed by atoms with Crippen LogP contribution in [-0.4, -0.2) is 12.3 Å². The summed E-state index contributed by atoms with van der Waals surface area (Å²) in [6, 6.07) is 10.1. The van der Waals surface area contributed by atoms with Gasteiger partial charge in [-0.05, 0) is 52.2 Å². The molecule has 1 aromatic carbocycles. The molecule has 1 aromatic heterocycles. The van der Waals surface area contributed by atoms with Crippen LogP contribution in [0.1, 0.15) is 26.4 Å². The van der Waals surface area contributed by atoms with Crippen LogP contribution in [0.15, 0.2) is 34.1 Å². The van der Waals surface area contributed by atoms with Crippen molar-refractivity contribution in [1.29, 1.82) is 0 Å². The highest BCUT2D eigenvalue weighted by atomic mass is 79.9. The molecule has 4 heteroatoms. The Balaban J connectivity index is 1.87. The maximum absolute atomic E-state index is 12.5. The summed E-state index contributed by atoms with van der Waals surface area (Å²) in [7, 11) is 0. The van der Waals surface area contributed by atoms with Crippen molar-refractivity contribution in [3.63, 3.8) is 0 Å². The number of hydrogen-bond donors (Lipinski definition) is 1. The van der Waals surface area contributed by atoms with Gasteiger partial charge in [0, 0.05) is 23.4 Å². The van der Waals surface area contributed by atoms with Crippen LogP contribution >= 0.6 is 27.3 Å². The van der Waals surface area contributed by atoms with Crippen LogP contribution in [0.3, 0.4) is 0 Å². The molecular formula is C15H14BrNOS. The molecule has 0 amide bonds. The quantitative estimate of drug-likeness (QED) is 0.868. The second kappa shape index (κ2) is 5.57. The highest BCUT2D eigenvalue weighted by Gasteiger charge is 2.17. The zero-order valence-corrected chi connectivity index (χ0v) is 12.8. The smallest absolute Gasteiger partial charge is 0.168 e. The molecule has 0 fully saturated rings. The van der Waals surface area contributed by atoms with E-state index in [1.54, 1.807) is 11.3 Å². The second-order valence-corrected chi connectivity index (χ2v) is 7.22. The number of carbonyl (C=O) groups is 1. The van der Waals surface area contributed by atoms with Crippen molar-refractivity contribution in [2.24, 2.45) is 0 Å². The normalized spacial score (nSPS) is 14.2. The summed E-state index contributed by atoms with van der Waals surface area (Å²) >= 11 is 5.07. The predicted molar refractivity (Wildman–Crippen MR) is 81.9 cm³/mol. The molecule has 1 N–H and O–H groups in total. The predicted octanol–water partition coefficient (Wildman–Crippen LogP) is 3.58. The van der Waals surface area contributed by atoms with Crippen molar-refractivity contribution in [1.82, 2.24) is 5.32 Å². The number of fused-ring (bicyclic) bond motifs is 1. The molecule has 1 aliphatic heterocycles. The van der Waals surface area contributed by atoms with Crippen molar-refractivity contribution in [3.8, 4) is 0 Å². The third-order valence-corrected chi connectivity index (χ3v) is 5.03. The Morgan fingerprint density at radius 2 is 2.21 bits per heavy atom. The van der Waals surface area contributed by atoms with E-state index in [1.165, 1.54) is 11.1 Å². The summed E-state index contributed by atoms with van der Waals surface area (Å²) in [5, 5.41) is 3.34. The average molecular weight is 336 g/mol. The van der Waals surface area contributed by atoms with Gasteiger partial charge in [-0.1, -0.05) is 18.2 Å². The van der Waals surface area contributed by atoms with Gasteiger partial charge in [0.25, 0.3) is 0 Å². The van der Waals surface area contributed by atoms with E-state index in [1.807, 2.05) is 24.3 Å². The van der Waals surface area contributed by atoms with Crippen LogP contribution in [0.25, 0.3) is 0 Å². The van der Waals surface area contributed by atoms with E-state index in [0.29, 0.717) is 6.42 Å². The van der Waals surface area contributed by atoms with Gasteiger partial charge in [0.2, 0.25) is 0 Å². The largest absolute Gasteiger partial charge is 0.312 e. The Morgan fingerprint density at radius 3 is 3.00 bits per heavy atom. The maximum Gasteiger partial charge on any atom is 0.168 e. The number of thiophene rings is 1. The van der Waals surface area contributed by atoms with Crippen LogP contribution in [0.2, 0.25) is 0 Å². The van der Waals surface area contributed by atoms with Crippen LogP contribution in [0.4, 0.5) is 0 Å². The first-order valence-electron chi connectivity index (χ1n) is 6.33. The Kier molecular flexibility index (Phi) is 3.82. The van der Waals surface area contributed by atoms with Gasteiger partial charge < -0.3 is 5.32 Å². The van der Waals surface area contributed by atoms with Gasteiger partial charge in [0.05, 0.1) is 3.79 Å². The molecule has 0 radical (unpaired) electrons. The molecule has 2 aromatic rings.